The van der Waals surface area contributed by atoms with E-state index in [-0.39, 0.29) is 43.5 Å². The molecule has 0 radical (unpaired) electrons. The first kappa shape index (κ1) is 11.1. The molecule has 1 aromatic heterocycles. The summed E-state index contributed by atoms with van der Waals surface area (Å²) >= 11 is 5.88. The van der Waals surface area contributed by atoms with Gasteiger partial charge in [-0.05, 0) is 24.3 Å². The molecule has 64 valence electrons. The van der Waals surface area contributed by atoms with Gasteiger partial charge < -0.3 is 5.11 Å². The molecule has 0 aliphatic rings. The monoisotopic (exact) mass is 221 g/mol. The summed E-state index contributed by atoms with van der Waals surface area (Å²) in [5, 5.41) is 10.8. The van der Waals surface area contributed by atoms with Gasteiger partial charge in [0, 0.05) is 11.6 Å². The van der Waals surface area contributed by atoms with Gasteiger partial charge in [-0.25, -0.2) is 0 Å². The van der Waals surface area contributed by atoms with Crippen molar-refractivity contribution < 1.29 is 5.11 Å². The van der Waals surface area contributed by atoms with Crippen molar-refractivity contribution >= 4 is 60.2 Å². The van der Waals surface area contributed by atoms with Gasteiger partial charge >= 0.3 is 37.7 Å². The van der Waals surface area contributed by atoms with E-state index >= 15 is 0 Å². The normalized spacial score (nSPS) is 9.62. The number of halogens is 1. The fourth-order valence-corrected chi connectivity index (χ4v) is 1.34. The Balaban J connectivity index is 0.000000845. The summed E-state index contributed by atoms with van der Waals surface area (Å²) in [6.07, 6.45) is 1.62. The maximum absolute atomic E-state index is 9.37. The summed E-state index contributed by atoms with van der Waals surface area (Å²) in [4.78, 5) is 4.01. The third-order valence-electron chi connectivity index (χ3n) is 1.70. The van der Waals surface area contributed by atoms with Gasteiger partial charge in [0.2, 0.25) is 0 Å². The van der Waals surface area contributed by atoms with E-state index in [1.807, 2.05) is 6.07 Å². The molecule has 1 heterocycles. The van der Waals surface area contributed by atoms with E-state index in [1.165, 1.54) is 6.07 Å². The first-order chi connectivity index (χ1) is 5.79. The predicted octanol–water partition coefficient (Wildman–Crippen LogP) is 1.68. The molecule has 0 bridgehead atoms. The second-order valence-corrected chi connectivity index (χ2v) is 2.87. The summed E-state index contributed by atoms with van der Waals surface area (Å²) in [6, 6.07) is 6.80. The molecular formula is C9H8CaClNO. The van der Waals surface area contributed by atoms with E-state index in [0.29, 0.717) is 10.5 Å². The molecule has 0 atom stereocenters. The second kappa shape index (κ2) is 4.47. The Kier molecular flexibility index (Phi) is 3.80. The molecule has 2 aromatic rings. The maximum atomic E-state index is 9.37. The number of phenolic OH excluding ortho intramolecular Hbond substituents is 1. The van der Waals surface area contributed by atoms with E-state index in [0.717, 1.165) is 5.39 Å². The van der Waals surface area contributed by atoms with Gasteiger partial charge in [-0.3, -0.25) is 4.98 Å². The number of benzene rings is 1. The molecule has 0 spiro atoms. The van der Waals surface area contributed by atoms with Crippen LogP contribution in [0, 0.1) is 0 Å². The molecule has 0 aliphatic carbocycles. The number of fused-ring (bicyclic) bond motifs is 1. The topological polar surface area (TPSA) is 33.1 Å². The molecule has 2 nitrogen and oxygen atoms in total. The molecule has 4 heteroatoms. The Morgan fingerprint density at radius 1 is 1.23 bits per heavy atom. The Hall–Kier alpha value is -0.0203. The van der Waals surface area contributed by atoms with Crippen LogP contribution < -0.4 is 0 Å². The second-order valence-electron chi connectivity index (χ2n) is 2.47. The van der Waals surface area contributed by atoms with Crippen LogP contribution in [0.15, 0.2) is 30.5 Å². The molecule has 0 fully saturated rings. The van der Waals surface area contributed by atoms with Crippen molar-refractivity contribution in [3.05, 3.63) is 35.5 Å². The molecule has 1 aromatic carbocycles. The fraction of sp³-hybridized carbons (Fsp3) is 0. The number of aromatic nitrogens is 1. The van der Waals surface area contributed by atoms with Crippen molar-refractivity contribution in [1.29, 1.82) is 0 Å². The summed E-state index contributed by atoms with van der Waals surface area (Å²) < 4.78 is 0. The van der Waals surface area contributed by atoms with E-state index in [9.17, 15) is 5.11 Å². The van der Waals surface area contributed by atoms with Crippen LogP contribution in [0.2, 0.25) is 5.02 Å². The number of aromatic hydroxyl groups is 1. The molecular weight excluding hydrogens is 214 g/mol. The van der Waals surface area contributed by atoms with Gasteiger partial charge in [-0.2, -0.15) is 0 Å². The van der Waals surface area contributed by atoms with Crippen LogP contribution in [0.1, 0.15) is 0 Å². The van der Waals surface area contributed by atoms with Crippen molar-refractivity contribution in [2.24, 2.45) is 0 Å². The number of phenols is 1. The first-order valence-corrected chi connectivity index (χ1v) is 3.89. The van der Waals surface area contributed by atoms with Gasteiger partial charge in [-0.15, -0.1) is 0 Å². The third kappa shape index (κ3) is 2.07. The zero-order valence-corrected chi connectivity index (χ0v) is 6.92. The Morgan fingerprint density at radius 3 is 2.69 bits per heavy atom. The van der Waals surface area contributed by atoms with Crippen molar-refractivity contribution in [2.75, 3.05) is 0 Å². The van der Waals surface area contributed by atoms with E-state index in [4.69, 9.17) is 11.6 Å². The average Bonchev–Trinajstić information content (AvgIpc) is 2.12. The Bertz CT molecular complexity index is 392. The quantitative estimate of drug-likeness (QED) is 0.687. The molecule has 13 heavy (non-hydrogen) atoms. The SMILES string of the molecule is Oc1ccc(Cl)c2cccnc12.[CaH2]. The molecule has 0 unspecified atom stereocenters. The van der Waals surface area contributed by atoms with Crippen molar-refractivity contribution in [1.82, 2.24) is 4.98 Å². The van der Waals surface area contributed by atoms with Crippen LogP contribution >= 0.6 is 11.6 Å². The van der Waals surface area contributed by atoms with Crippen molar-refractivity contribution in [2.45, 2.75) is 0 Å². The van der Waals surface area contributed by atoms with Gasteiger partial charge in [0.05, 0.1) is 5.02 Å². The van der Waals surface area contributed by atoms with Gasteiger partial charge in [-0.1, -0.05) is 11.6 Å². The zero-order chi connectivity index (χ0) is 8.55. The molecule has 0 aliphatic heterocycles. The van der Waals surface area contributed by atoms with Crippen LogP contribution in [0.5, 0.6) is 5.75 Å². The van der Waals surface area contributed by atoms with Crippen LogP contribution in [0.4, 0.5) is 0 Å². The zero-order valence-electron chi connectivity index (χ0n) is 6.16. The molecule has 0 amide bonds. The van der Waals surface area contributed by atoms with Gasteiger partial charge in [0.1, 0.15) is 11.3 Å². The number of hydrogen-bond acceptors (Lipinski definition) is 2. The van der Waals surface area contributed by atoms with E-state index in [1.54, 1.807) is 18.3 Å². The minimum atomic E-state index is 0. The van der Waals surface area contributed by atoms with Gasteiger partial charge in [0.25, 0.3) is 0 Å². The minimum absolute atomic E-state index is 0. The van der Waals surface area contributed by atoms with E-state index in [2.05, 4.69) is 4.98 Å². The molecule has 2 rings (SSSR count). The number of rotatable bonds is 0. The average molecular weight is 222 g/mol. The van der Waals surface area contributed by atoms with Crippen LogP contribution in [0.3, 0.4) is 0 Å². The Labute approximate surface area is 111 Å². The first-order valence-electron chi connectivity index (χ1n) is 3.51. The molecule has 0 saturated heterocycles. The number of pyridine rings is 1. The summed E-state index contributed by atoms with van der Waals surface area (Å²) in [7, 11) is 0. The summed E-state index contributed by atoms with van der Waals surface area (Å²) in [5.41, 5.74) is 0.546. The van der Waals surface area contributed by atoms with E-state index < -0.39 is 0 Å². The van der Waals surface area contributed by atoms with Crippen LogP contribution in [-0.4, -0.2) is 47.8 Å². The van der Waals surface area contributed by atoms with Crippen molar-refractivity contribution in [3.8, 4) is 5.75 Å². The molecule has 0 saturated carbocycles. The van der Waals surface area contributed by atoms with Crippen molar-refractivity contribution in [3.63, 3.8) is 0 Å². The van der Waals surface area contributed by atoms with Gasteiger partial charge in [0.15, 0.2) is 0 Å². The fourth-order valence-electron chi connectivity index (χ4n) is 1.12. The third-order valence-corrected chi connectivity index (χ3v) is 2.02. The van der Waals surface area contributed by atoms with Crippen LogP contribution in [0.25, 0.3) is 10.9 Å². The molecule has 1 N–H and O–H groups in total. The predicted molar refractivity (Wildman–Crippen MR) is 57.0 cm³/mol. The Morgan fingerprint density at radius 2 is 2.00 bits per heavy atom. The number of nitrogens with zero attached hydrogens (tertiary/aromatic N) is 1. The van der Waals surface area contributed by atoms with Crippen LogP contribution in [-0.2, 0) is 0 Å². The standard InChI is InChI=1S/C9H6ClNO.Ca.2H/c10-7-3-4-8(12)9-6(7)2-1-5-11-9;;;/h1-5,12H;;;. The summed E-state index contributed by atoms with van der Waals surface area (Å²) in [5.74, 6) is 0.162. The number of hydrogen-bond donors (Lipinski definition) is 1. The summed E-state index contributed by atoms with van der Waals surface area (Å²) in [6.45, 7) is 0.